The van der Waals surface area contributed by atoms with E-state index < -0.39 is 6.69 Å². The molecule has 0 aliphatic rings. The molecule has 0 N–H and O–H groups in total. The fourth-order valence-electron chi connectivity index (χ4n) is 3.02. The molecule has 140 valence electrons. The van der Waals surface area contributed by atoms with Crippen LogP contribution in [0.5, 0.6) is 0 Å². The SMILES string of the molecule is C[Si](Cl)(Cl)CCCCCCCCCCCCCCCCCCS. The maximum Gasteiger partial charge on any atom is 0.248 e. The van der Waals surface area contributed by atoms with Crippen LogP contribution in [0.2, 0.25) is 12.6 Å². The van der Waals surface area contributed by atoms with E-state index in [-0.39, 0.29) is 0 Å². The van der Waals surface area contributed by atoms with Crippen molar-refractivity contribution in [1.82, 2.24) is 0 Å². The smallest absolute Gasteiger partial charge is 0.179 e. The zero-order valence-corrected chi connectivity index (χ0v) is 18.8. The third-order valence-corrected chi connectivity index (χ3v) is 7.21. The van der Waals surface area contributed by atoms with E-state index in [0.717, 1.165) is 11.8 Å². The Morgan fingerprint density at radius 3 is 1.04 bits per heavy atom. The van der Waals surface area contributed by atoms with Crippen LogP contribution in [0.25, 0.3) is 0 Å². The van der Waals surface area contributed by atoms with E-state index in [1.54, 1.807) is 0 Å². The largest absolute Gasteiger partial charge is 0.248 e. The predicted octanol–water partition coefficient (Wildman–Crippen LogP) is 8.71. The first-order chi connectivity index (χ1) is 11.1. The number of unbranched alkanes of at least 4 members (excludes halogenated alkanes) is 15. The van der Waals surface area contributed by atoms with Crippen molar-refractivity contribution in [3.8, 4) is 0 Å². The number of rotatable bonds is 18. The number of thiol groups is 1. The summed E-state index contributed by atoms with van der Waals surface area (Å²) in [6.45, 7) is 0.203. The molecule has 0 aromatic carbocycles. The first-order valence-electron chi connectivity index (χ1n) is 10.0. The molecule has 0 aromatic rings. The maximum absolute atomic E-state index is 6.11. The van der Waals surface area contributed by atoms with Gasteiger partial charge in [0, 0.05) is 0 Å². The Hall–Kier alpha value is 1.15. The van der Waals surface area contributed by atoms with E-state index in [2.05, 4.69) is 12.6 Å². The molecule has 0 heterocycles. The molecule has 0 rings (SSSR count). The fourth-order valence-corrected chi connectivity index (χ4v) is 4.92. The Balaban J connectivity index is 3.00. The second-order valence-corrected chi connectivity index (χ2v) is 15.9. The molecule has 0 unspecified atom stereocenters. The Labute approximate surface area is 162 Å². The highest BCUT2D eigenvalue weighted by atomic mass is 35.7. The average Bonchev–Trinajstić information content (AvgIpc) is 2.49. The second-order valence-electron chi connectivity index (χ2n) is 7.20. The Kier molecular flexibility index (Phi) is 18.8. The molecule has 0 nitrogen and oxygen atoms in total. The van der Waals surface area contributed by atoms with Crippen molar-refractivity contribution in [1.29, 1.82) is 0 Å². The van der Waals surface area contributed by atoms with Crippen LogP contribution in [0.15, 0.2) is 0 Å². The Bertz CT molecular complexity index is 232. The summed E-state index contributed by atoms with van der Waals surface area (Å²) in [6.07, 6.45) is 22.4. The highest BCUT2D eigenvalue weighted by molar-refractivity contribution is 7.80. The van der Waals surface area contributed by atoms with E-state index in [0.29, 0.717) is 0 Å². The average molecular weight is 400 g/mol. The van der Waals surface area contributed by atoms with Crippen molar-refractivity contribution in [2.45, 2.75) is 115 Å². The fraction of sp³-hybridized carbons (Fsp3) is 1.00. The van der Waals surface area contributed by atoms with Crippen LogP contribution < -0.4 is 0 Å². The van der Waals surface area contributed by atoms with Crippen molar-refractivity contribution in [2.24, 2.45) is 0 Å². The van der Waals surface area contributed by atoms with Gasteiger partial charge in [-0.3, -0.25) is 0 Å². The topological polar surface area (TPSA) is 0 Å². The van der Waals surface area contributed by atoms with Gasteiger partial charge in [-0.05, 0) is 24.8 Å². The van der Waals surface area contributed by atoms with Crippen molar-refractivity contribution in [2.75, 3.05) is 5.75 Å². The standard InChI is InChI=1S/C19H40Cl2SSi/c1-23(20,21)19-17-15-13-11-9-7-5-3-2-4-6-8-10-12-14-16-18-22/h22H,2-19H2,1H3. The van der Waals surface area contributed by atoms with E-state index in [4.69, 9.17) is 22.2 Å². The predicted molar refractivity (Wildman–Crippen MR) is 116 cm³/mol. The molecule has 0 fully saturated rings. The highest BCUT2D eigenvalue weighted by Gasteiger charge is 2.19. The zero-order chi connectivity index (χ0) is 17.2. The first-order valence-corrected chi connectivity index (χ1v) is 15.4. The summed E-state index contributed by atoms with van der Waals surface area (Å²) in [5.41, 5.74) is 0. The molecule has 0 radical (unpaired) electrons. The lowest BCUT2D eigenvalue weighted by atomic mass is 10.0. The molecule has 0 saturated heterocycles. The molecular weight excluding hydrogens is 359 g/mol. The summed E-state index contributed by atoms with van der Waals surface area (Å²) in [7, 11) is 0. The summed E-state index contributed by atoms with van der Waals surface area (Å²) in [4.78, 5) is 0. The second kappa shape index (κ2) is 18.0. The number of halogens is 2. The Morgan fingerprint density at radius 2 is 0.783 bits per heavy atom. The third-order valence-electron chi connectivity index (χ3n) is 4.52. The molecule has 0 aliphatic carbocycles. The molecule has 0 saturated carbocycles. The van der Waals surface area contributed by atoms with Crippen LogP contribution in [0, 0.1) is 0 Å². The molecule has 0 aromatic heterocycles. The van der Waals surface area contributed by atoms with Gasteiger partial charge in [0.05, 0.1) is 0 Å². The summed E-state index contributed by atoms with van der Waals surface area (Å²) >= 11 is 16.5. The van der Waals surface area contributed by atoms with Crippen molar-refractivity contribution >= 4 is 41.5 Å². The lowest BCUT2D eigenvalue weighted by Crippen LogP contribution is -2.11. The highest BCUT2D eigenvalue weighted by Crippen LogP contribution is 2.23. The molecule has 4 heteroatoms. The summed E-state index contributed by atoms with van der Waals surface area (Å²) < 4.78 is 0. The normalized spacial score (nSPS) is 12.0. The van der Waals surface area contributed by atoms with Gasteiger partial charge in [0.15, 0.2) is 0 Å². The number of hydrogen-bond donors (Lipinski definition) is 1. The molecule has 0 spiro atoms. The lowest BCUT2D eigenvalue weighted by Gasteiger charge is -2.09. The monoisotopic (exact) mass is 398 g/mol. The minimum atomic E-state index is -1.82. The molecule has 0 aliphatic heterocycles. The summed E-state index contributed by atoms with van der Waals surface area (Å²) in [5.74, 6) is 1.06. The maximum atomic E-state index is 6.11. The minimum Gasteiger partial charge on any atom is -0.179 e. The van der Waals surface area contributed by atoms with E-state index in [1.165, 1.54) is 103 Å². The third kappa shape index (κ3) is 23.1. The van der Waals surface area contributed by atoms with Gasteiger partial charge in [0.25, 0.3) is 0 Å². The van der Waals surface area contributed by atoms with Gasteiger partial charge in [-0.15, -0.1) is 22.2 Å². The van der Waals surface area contributed by atoms with Crippen LogP contribution in [0.1, 0.15) is 103 Å². The van der Waals surface area contributed by atoms with Crippen molar-refractivity contribution < 1.29 is 0 Å². The lowest BCUT2D eigenvalue weighted by molar-refractivity contribution is 0.531. The number of hydrogen-bond acceptors (Lipinski definition) is 1. The van der Waals surface area contributed by atoms with E-state index in [1.807, 2.05) is 6.55 Å². The quantitative estimate of drug-likeness (QED) is 0.101. The van der Waals surface area contributed by atoms with Gasteiger partial charge in [0.2, 0.25) is 6.69 Å². The molecule has 23 heavy (non-hydrogen) atoms. The molecule has 0 bridgehead atoms. The van der Waals surface area contributed by atoms with Gasteiger partial charge in [-0.2, -0.15) is 12.6 Å². The zero-order valence-electron chi connectivity index (χ0n) is 15.4. The van der Waals surface area contributed by atoms with Gasteiger partial charge in [-0.1, -0.05) is 96.3 Å². The van der Waals surface area contributed by atoms with Crippen molar-refractivity contribution in [3.05, 3.63) is 0 Å². The molecule has 0 atom stereocenters. The van der Waals surface area contributed by atoms with Crippen molar-refractivity contribution in [3.63, 3.8) is 0 Å². The van der Waals surface area contributed by atoms with Gasteiger partial charge >= 0.3 is 0 Å². The summed E-state index contributed by atoms with van der Waals surface area (Å²) in [6, 6.07) is 1.06. The van der Waals surface area contributed by atoms with Gasteiger partial charge in [-0.25, -0.2) is 0 Å². The summed E-state index contributed by atoms with van der Waals surface area (Å²) in [5, 5.41) is 0. The van der Waals surface area contributed by atoms with Crippen LogP contribution in [0.3, 0.4) is 0 Å². The first kappa shape index (κ1) is 24.1. The van der Waals surface area contributed by atoms with Crippen LogP contribution in [-0.4, -0.2) is 12.4 Å². The van der Waals surface area contributed by atoms with Crippen LogP contribution in [-0.2, 0) is 0 Å². The Morgan fingerprint density at radius 1 is 0.522 bits per heavy atom. The van der Waals surface area contributed by atoms with E-state index >= 15 is 0 Å². The van der Waals surface area contributed by atoms with Crippen LogP contribution in [0.4, 0.5) is 0 Å². The molecule has 0 amide bonds. The van der Waals surface area contributed by atoms with E-state index in [9.17, 15) is 0 Å². The minimum absolute atomic E-state index is 1.06. The van der Waals surface area contributed by atoms with Gasteiger partial charge < -0.3 is 0 Å². The van der Waals surface area contributed by atoms with Gasteiger partial charge in [0.1, 0.15) is 0 Å². The van der Waals surface area contributed by atoms with Crippen LogP contribution >= 0.6 is 34.8 Å². The molecular formula is C19H40Cl2SSi.